The van der Waals surface area contributed by atoms with Crippen LogP contribution in [0.2, 0.25) is 0 Å². The van der Waals surface area contributed by atoms with E-state index in [2.05, 4.69) is 15.4 Å². The molecule has 0 spiro atoms. The highest BCUT2D eigenvalue weighted by molar-refractivity contribution is 5.84. The Kier molecular flexibility index (Phi) is 4.75. The van der Waals surface area contributed by atoms with Crippen molar-refractivity contribution in [2.24, 2.45) is 0 Å². The molecule has 2 aromatic heterocycles. The van der Waals surface area contributed by atoms with E-state index in [4.69, 9.17) is 0 Å². The molecule has 4 aromatic rings. The largest absolute Gasteiger partial charge is 0.298 e. The summed E-state index contributed by atoms with van der Waals surface area (Å²) in [5.74, 6) is 0. The minimum Gasteiger partial charge on any atom is -0.298 e. The molecule has 1 aliphatic heterocycles. The van der Waals surface area contributed by atoms with Crippen molar-refractivity contribution < 1.29 is 4.79 Å². The van der Waals surface area contributed by atoms with E-state index in [1.807, 2.05) is 104 Å². The molecular weight excluding hydrogens is 384 g/mol. The molecule has 0 fully saturated rings. The fourth-order valence-electron chi connectivity index (χ4n) is 4.34. The van der Waals surface area contributed by atoms with Gasteiger partial charge in [-0.2, -0.15) is 4.59 Å². The van der Waals surface area contributed by atoms with Gasteiger partial charge in [0, 0.05) is 24.5 Å². The highest BCUT2D eigenvalue weighted by Gasteiger charge is 2.54. The van der Waals surface area contributed by atoms with Crippen LogP contribution in [0.4, 0.5) is 11.4 Å². The number of quaternary nitrogens is 1. The maximum Gasteiger partial charge on any atom is 0.180 e. The Balaban J connectivity index is 1.83. The molecule has 5 nitrogen and oxygen atoms in total. The van der Waals surface area contributed by atoms with Crippen LogP contribution in [0, 0.1) is 0 Å². The van der Waals surface area contributed by atoms with Gasteiger partial charge in [-0.25, -0.2) is 0 Å². The number of nitrogens with zero attached hydrogens (tertiary/aromatic N) is 3. The van der Waals surface area contributed by atoms with Crippen molar-refractivity contribution in [2.45, 2.75) is 5.54 Å². The molecule has 31 heavy (non-hydrogen) atoms. The van der Waals surface area contributed by atoms with E-state index in [9.17, 15) is 4.79 Å². The first-order valence-electron chi connectivity index (χ1n) is 10.1. The second-order valence-corrected chi connectivity index (χ2v) is 7.44. The molecule has 2 aromatic carbocycles. The quantitative estimate of drug-likeness (QED) is 0.388. The number of nitrogens with one attached hydrogen (secondary N) is 1. The van der Waals surface area contributed by atoms with Crippen molar-refractivity contribution >= 4 is 17.7 Å². The van der Waals surface area contributed by atoms with Crippen molar-refractivity contribution in [2.75, 3.05) is 0 Å². The first kappa shape index (κ1) is 19.1. The van der Waals surface area contributed by atoms with Crippen molar-refractivity contribution in [1.82, 2.24) is 20.0 Å². The maximum absolute atomic E-state index is 12.6. The van der Waals surface area contributed by atoms with Gasteiger partial charge in [-0.15, -0.1) is 5.43 Å². The van der Waals surface area contributed by atoms with E-state index in [0.717, 1.165) is 28.8 Å². The molecular formula is C26H21N4O+. The van der Waals surface area contributed by atoms with Gasteiger partial charge in [0.25, 0.3) is 0 Å². The monoisotopic (exact) mass is 405 g/mol. The van der Waals surface area contributed by atoms with Crippen LogP contribution >= 0.6 is 0 Å². The summed E-state index contributed by atoms with van der Waals surface area (Å²) in [5, 5.41) is 0. The van der Waals surface area contributed by atoms with Gasteiger partial charge in [-0.3, -0.25) is 14.8 Å². The molecule has 0 amide bonds. The first-order chi connectivity index (χ1) is 15.3. The number of pyridine rings is 2. The third-order valence-corrected chi connectivity index (χ3v) is 5.76. The summed E-state index contributed by atoms with van der Waals surface area (Å²) >= 11 is 0. The van der Waals surface area contributed by atoms with Gasteiger partial charge in [0.2, 0.25) is 0 Å². The van der Waals surface area contributed by atoms with Crippen LogP contribution in [0.5, 0.6) is 0 Å². The van der Waals surface area contributed by atoms with Gasteiger partial charge in [0.1, 0.15) is 6.20 Å². The van der Waals surface area contributed by atoms with Gasteiger partial charge in [-0.1, -0.05) is 60.7 Å². The molecule has 0 saturated carbocycles. The topological polar surface area (TPSA) is 54.9 Å². The molecule has 1 N–H and O–H groups in total. The highest BCUT2D eigenvalue weighted by Crippen LogP contribution is 2.47. The Labute approximate surface area is 180 Å². The molecule has 1 aliphatic rings. The summed E-state index contributed by atoms with van der Waals surface area (Å²) in [6.07, 6.45) is 10.0. The van der Waals surface area contributed by atoms with Gasteiger partial charge >= 0.3 is 0 Å². The van der Waals surface area contributed by atoms with E-state index in [0.29, 0.717) is 5.57 Å². The molecule has 150 valence electrons. The molecule has 0 atom stereocenters. The third kappa shape index (κ3) is 2.99. The van der Waals surface area contributed by atoms with Crippen molar-refractivity contribution in [3.63, 3.8) is 0 Å². The van der Waals surface area contributed by atoms with Crippen LogP contribution in [-0.2, 0) is 10.3 Å². The van der Waals surface area contributed by atoms with Gasteiger partial charge in [0.15, 0.2) is 23.2 Å². The van der Waals surface area contributed by atoms with E-state index in [1.54, 1.807) is 12.4 Å². The average Bonchev–Trinajstić information content (AvgIpc) is 3.24. The zero-order valence-electron chi connectivity index (χ0n) is 16.8. The fourth-order valence-corrected chi connectivity index (χ4v) is 4.34. The van der Waals surface area contributed by atoms with Crippen molar-refractivity contribution in [3.8, 4) is 0 Å². The van der Waals surface area contributed by atoms with Crippen molar-refractivity contribution in [1.29, 1.82) is 0 Å². The molecule has 0 unspecified atom stereocenters. The summed E-state index contributed by atoms with van der Waals surface area (Å²) < 4.78 is 0.111. The van der Waals surface area contributed by atoms with E-state index in [-0.39, 0.29) is 4.59 Å². The number of carbonyl (C=O) groups excluding carboxylic acids is 1. The predicted octanol–water partition coefficient (Wildman–Crippen LogP) is 4.66. The smallest absolute Gasteiger partial charge is 0.180 e. The zero-order valence-corrected chi connectivity index (χ0v) is 16.8. The predicted molar refractivity (Wildman–Crippen MR) is 121 cm³/mol. The second-order valence-electron chi connectivity index (χ2n) is 7.44. The van der Waals surface area contributed by atoms with Crippen LogP contribution < -0.4 is 10.0 Å². The number of hydrogen-bond donors (Lipinski definition) is 1. The third-order valence-electron chi connectivity index (χ3n) is 5.76. The minimum atomic E-state index is -0.851. The first-order valence-corrected chi connectivity index (χ1v) is 10.1. The number of aromatic nitrogens is 2. The summed E-state index contributed by atoms with van der Waals surface area (Å²) in [6.45, 7) is 0. The number of carbonyl (C=O) groups is 1. The standard InChI is InChI=1S/C26H21N4O/c31-20-23-19-30(24-13-7-15-27-17-24,25-14-8-16-28-18-25)29-26(23,21-9-3-1-4-10-21)22-11-5-2-6-12-22/h1-20,29H/q+1. The maximum atomic E-state index is 12.6. The van der Waals surface area contributed by atoms with Crippen LogP contribution in [0.25, 0.3) is 0 Å². The fraction of sp³-hybridized carbons (Fsp3) is 0.0385. The molecule has 3 heterocycles. The summed E-state index contributed by atoms with van der Waals surface area (Å²) in [5.41, 5.74) is 7.30. The highest BCUT2D eigenvalue weighted by atomic mass is 16.1. The normalized spacial score (nSPS) is 16.5. The Morgan fingerprint density at radius 1 is 0.710 bits per heavy atom. The Hall–Kier alpha value is -3.93. The number of rotatable bonds is 5. The zero-order chi connectivity index (χ0) is 21.2. The lowest BCUT2D eigenvalue weighted by Gasteiger charge is -2.37. The summed E-state index contributed by atoms with van der Waals surface area (Å²) in [7, 11) is 0. The summed E-state index contributed by atoms with van der Waals surface area (Å²) in [4.78, 5) is 21.3. The van der Waals surface area contributed by atoms with Crippen LogP contribution in [0.1, 0.15) is 11.1 Å². The Morgan fingerprint density at radius 3 is 1.65 bits per heavy atom. The minimum absolute atomic E-state index is 0.111. The average molecular weight is 405 g/mol. The number of aldehydes is 1. The summed E-state index contributed by atoms with van der Waals surface area (Å²) in [6, 6.07) is 27.9. The molecule has 0 bridgehead atoms. The molecule has 0 aliphatic carbocycles. The van der Waals surface area contributed by atoms with Crippen LogP contribution in [0.15, 0.2) is 121 Å². The Bertz CT molecular complexity index is 1130. The molecule has 5 rings (SSSR count). The lowest BCUT2D eigenvalue weighted by atomic mass is 9.79. The number of hydrogen-bond acceptors (Lipinski definition) is 4. The van der Waals surface area contributed by atoms with Crippen LogP contribution in [0.3, 0.4) is 0 Å². The Morgan fingerprint density at radius 2 is 1.23 bits per heavy atom. The molecule has 0 saturated heterocycles. The van der Waals surface area contributed by atoms with Crippen LogP contribution in [-0.4, -0.2) is 16.3 Å². The van der Waals surface area contributed by atoms with E-state index < -0.39 is 5.54 Å². The van der Waals surface area contributed by atoms with Gasteiger partial charge in [-0.05, 0) is 23.3 Å². The van der Waals surface area contributed by atoms with Gasteiger partial charge < -0.3 is 0 Å². The molecule has 0 radical (unpaired) electrons. The molecule has 5 heteroatoms. The lowest BCUT2D eigenvalue weighted by molar-refractivity contribution is -0.105. The van der Waals surface area contributed by atoms with E-state index in [1.165, 1.54) is 0 Å². The van der Waals surface area contributed by atoms with Gasteiger partial charge in [0.05, 0.1) is 18.0 Å². The lowest BCUT2D eigenvalue weighted by Crippen LogP contribution is -2.56. The second kappa shape index (κ2) is 7.72. The van der Waals surface area contributed by atoms with E-state index >= 15 is 0 Å². The number of benzene rings is 2. The van der Waals surface area contributed by atoms with Crippen molar-refractivity contribution in [3.05, 3.63) is 133 Å². The SMILES string of the molecule is O=CC1=C[N+](c2cccnc2)(c2cccnc2)NC1(c1ccccc1)c1ccccc1.